The molecule has 0 amide bonds. The number of rotatable bonds is 4. The molecule has 0 aliphatic rings. The topological polar surface area (TPSA) is 119 Å². The van der Waals surface area contributed by atoms with Crippen LogP contribution in [0.1, 0.15) is 0 Å². The lowest BCUT2D eigenvalue weighted by molar-refractivity contribution is -0.584. The average molecular weight is 152 g/mol. The number of aliphatic hydroxyl groups is 2. The van der Waals surface area contributed by atoms with Crippen LogP contribution in [0.5, 0.6) is 0 Å². The Labute approximate surface area is 56.1 Å². The molecule has 4 N–H and O–H groups in total. The van der Waals surface area contributed by atoms with Gasteiger partial charge in [-0.15, -0.1) is 0 Å². The zero-order valence-corrected chi connectivity index (χ0v) is 5.01. The minimum atomic E-state index is -1.98. The lowest BCUT2D eigenvalue weighted by atomic mass is 10.3. The number of aliphatic hydroxyl groups excluding tert-OH is 2. The largest absolute Gasteiger partial charge is 0.393 e. The van der Waals surface area contributed by atoms with Gasteiger partial charge in [0, 0.05) is 0 Å². The summed E-state index contributed by atoms with van der Waals surface area (Å²) in [5.41, 5.74) is 0. The Morgan fingerprint density at radius 2 is 2.30 bits per heavy atom. The van der Waals surface area contributed by atoms with Crippen molar-refractivity contribution in [2.24, 2.45) is 5.90 Å². The van der Waals surface area contributed by atoms with E-state index in [1.165, 1.54) is 0 Å². The van der Waals surface area contributed by atoms with Crippen LogP contribution in [-0.4, -0.2) is 34.1 Å². The van der Waals surface area contributed by atoms with E-state index < -0.39 is 23.9 Å². The van der Waals surface area contributed by atoms with Crippen LogP contribution in [0.2, 0.25) is 0 Å². The van der Waals surface area contributed by atoms with Crippen molar-refractivity contribution in [2.75, 3.05) is 6.61 Å². The predicted octanol–water partition coefficient (Wildman–Crippen LogP) is -2.17. The fourth-order valence-electron chi connectivity index (χ4n) is 0.343. The van der Waals surface area contributed by atoms with Gasteiger partial charge in [-0.05, 0) is 0 Å². The van der Waals surface area contributed by atoms with Gasteiger partial charge in [-0.25, -0.2) is 5.90 Å². The predicted molar refractivity (Wildman–Crippen MR) is 29.1 cm³/mol. The van der Waals surface area contributed by atoms with E-state index in [9.17, 15) is 10.1 Å². The van der Waals surface area contributed by atoms with Crippen LogP contribution in [0, 0.1) is 10.1 Å². The van der Waals surface area contributed by atoms with Crippen LogP contribution in [0.3, 0.4) is 0 Å². The van der Waals surface area contributed by atoms with E-state index in [4.69, 9.17) is 10.2 Å². The summed E-state index contributed by atoms with van der Waals surface area (Å²) in [5.74, 6) is 4.50. The van der Waals surface area contributed by atoms with Gasteiger partial charge in [0.05, 0.1) is 11.5 Å². The molecule has 0 radical (unpaired) electrons. The quantitative estimate of drug-likeness (QED) is 0.239. The molecule has 0 heterocycles. The molecule has 0 saturated heterocycles. The van der Waals surface area contributed by atoms with Crippen LogP contribution >= 0.6 is 0 Å². The highest BCUT2D eigenvalue weighted by atomic mass is 16.7. The molecule has 60 valence electrons. The van der Waals surface area contributed by atoms with E-state index in [0.717, 1.165) is 0 Å². The average Bonchev–Trinajstić information content (AvgIpc) is 1.90. The standard InChI is InChI=1S/C3H8N2O5/c4-10-2(1-6)3(7)5(8)9/h2-3,6-7H,1,4H2. The highest BCUT2D eigenvalue weighted by Gasteiger charge is 2.28. The van der Waals surface area contributed by atoms with Crippen molar-refractivity contribution in [3.05, 3.63) is 10.1 Å². The summed E-state index contributed by atoms with van der Waals surface area (Å²) in [5, 5.41) is 26.6. The molecule has 0 aliphatic heterocycles. The Morgan fingerprint density at radius 3 is 2.40 bits per heavy atom. The minimum absolute atomic E-state index is 0.696. The Kier molecular flexibility index (Phi) is 3.81. The van der Waals surface area contributed by atoms with E-state index in [1.54, 1.807) is 0 Å². The molecule has 7 heteroatoms. The first kappa shape index (κ1) is 9.24. The molecule has 0 bridgehead atoms. The fraction of sp³-hybridized carbons (Fsp3) is 1.00. The van der Waals surface area contributed by atoms with Gasteiger partial charge in [0.25, 0.3) is 0 Å². The van der Waals surface area contributed by atoms with Crippen molar-refractivity contribution < 1.29 is 20.0 Å². The van der Waals surface area contributed by atoms with Crippen molar-refractivity contribution in [1.82, 2.24) is 0 Å². The second-order valence-corrected chi connectivity index (χ2v) is 1.56. The van der Waals surface area contributed by atoms with E-state index >= 15 is 0 Å². The van der Waals surface area contributed by atoms with Gasteiger partial charge in [-0.3, -0.25) is 15.0 Å². The molecular formula is C3H8N2O5. The van der Waals surface area contributed by atoms with Crippen LogP contribution in [0.25, 0.3) is 0 Å². The second-order valence-electron chi connectivity index (χ2n) is 1.56. The number of hydrogen-bond acceptors (Lipinski definition) is 6. The third-order valence-corrected chi connectivity index (χ3v) is 0.903. The lowest BCUT2D eigenvalue weighted by Crippen LogP contribution is -2.39. The van der Waals surface area contributed by atoms with Crippen LogP contribution < -0.4 is 5.90 Å². The number of nitrogens with zero attached hydrogens (tertiary/aromatic N) is 1. The highest BCUT2D eigenvalue weighted by Crippen LogP contribution is 1.95. The van der Waals surface area contributed by atoms with Gasteiger partial charge in [-0.2, -0.15) is 0 Å². The first-order chi connectivity index (χ1) is 4.63. The molecule has 0 fully saturated rings. The molecule has 0 aliphatic carbocycles. The van der Waals surface area contributed by atoms with Gasteiger partial charge in [0.15, 0.2) is 6.10 Å². The summed E-state index contributed by atoms with van der Waals surface area (Å²) in [6, 6.07) is 0. The first-order valence-electron chi connectivity index (χ1n) is 2.41. The van der Waals surface area contributed by atoms with Crippen molar-refractivity contribution in [3.63, 3.8) is 0 Å². The molecule has 0 aromatic rings. The molecule has 10 heavy (non-hydrogen) atoms. The maximum absolute atomic E-state index is 9.77. The Bertz CT molecular complexity index is 113. The molecule has 2 unspecified atom stereocenters. The Balaban J connectivity index is 3.88. The van der Waals surface area contributed by atoms with Crippen LogP contribution in [0.4, 0.5) is 0 Å². The van der Waals surface area contributed by atoms with Gasteiger partial charge in [0.2, 0.25) is 0 Å². The number of nitro groups is 1. The van der Waals surface area contributed by atoms with E-state index in [-0.39, 0.29) is 0 Å². The monoisotopic (exact) mass is 152 g/mol. The third kappa shape index (κ3) is 2.23. The van der Waals surface area contributed by atoms with E-state index in [2.05, 4.69) is 10.7 Å². The van der Waals surface area contributed by atoms with Gasteiger partial charge in [0.1, 0.15) is 0 Å². The van der Waals surface area contributed by atoms with E-state index in [0.29, 0.717) is 0 Å². The normalized spacial score (nSPS) is 16.3. The number of hydrogen-bond donors (Lipinski definition) is 3. The van der Waals surface area contributed by atoms with Crippen LogP contribution in [-0.2, 0) is 4.84 Å². The maximum Gasteiger partial charge on any atom is 0.343 e. The van der Waals surface area contributed by atoms with Crippen LogP contribution in [0.15, 0.2) is 0 Å². The Hall–Kier alpha value is -0.760. The molecule has 2 atom stereocenters. The molecule has 0 saturated carbocycles. The third-order valence-electron chi connectivity index (χ3n) is 0.903. The second kappa shape index (κ2) is 4.12. The van der Waals surface area contributed by atoms with Gasteiger partial charge in [-0.1, -0.05) is 0 Å². The van der Waals surface area contributed by atoms with Gasteiger partial charge < -0.3 is 10.2 Å². The summed E-state index contributed by atoms with van der Waals surface area (Å²) in [4.78, 5) is 12.6. The summed E-state index contributed by atoms with van der Waals surface area (Å²) in [6.45, 7) is -0.696. The zero-order chi connectivity index (χ0) is 8.15. The first-order valence-corrected chi connectivity index (χ1v) is 2.41. The smallest absolute Gasteiger partial charge is 0.343 e. The van der Waals surface area contributed by atoms with Crippen molar-refractivity contribution in [2.45, 2.75) is 12.3 Å². The maximum atomic E-state index is 9.77. The molecule has 7 nitrogen and oxygen atoms in total. The van der Waals surface area contributed by atoms with Gasteiger partial charge >= 0.3 is 6.23 Å². The lowest BCUT2D eigenvalue weighted by Gasteiger charge is -2.10. The zero-order valence-electron chi connectivity index (χ0n) is 5.01. The summed E-state index contributed by atoms with van der Waals surface area (Å²) >= 11 is 0. The molecule has 0 rings (SSSR count). The minimum Gasteiger partial charge on any atom is -0.393 e. The highest BCUT2D eigenvalue weighted by molar-refractivity contribution is 4.55. The van der Waals surface area contributed by atoms with Crippen molar-refractivity contribution >= 4 is 0 Å². The Morgan fingerprint density at radius 1 is 1.80 bits per heavy atom. The molecule has 0 aromatic carbocycles. The van der Waals surface area contributed by atoms with Crippen molar-refractivity contribution in [1.29, 1.82) is 0 Å². The molecular weight excluding hydrogens is 144 g/mol. The SMILES string of the molecule is NOC(CO)C(O)[N+](=O)[O-]. The fourth-order valence-corrected chi connectivity index (χ4v) is 0.343. The summed E-state index contributed by atoms with van der Waals surface area (Å²) in [7, 11) is 0. The molecule has 0 aromatic heterocycles. The summed E-state index contributed by atoms with van der Waals surface area (Å²) < 4.78 is 0. The molecule has 0 spiro atoms. The van der Waals surface area contributed by atoms with E-state index in [1.807, 2.05) is 0 Å². The summed E-state index contributed by atoms with van der Waals surface area (Å²) in [6.07, 6.45) is -3.34. The number of nitrogens with two attached hydrogens (primary N) is 1. The van der Waals surface area contributed by atoms with Crippen molar-refractivity contribution in [3.8, 4) is 0 Å².